The van der Waals surface area contributed by atoms with Gasteiger partial charge in [0.2, 0.25) is 5.91 Å². The number of hydrogen-bond acceptors (Lipinski definition) is 10. The molecule has 96 heavy (non-hydrogen) atoms. The van der Waals surface area contributed by atoms with E-state index in [0.29, 0.717) is 19.4 Å². The van der Waals surface area contributed by atoms with E-state index in [1.165, 1.54) is 366 Å². The van der Waals surface area contributed by atoms with Gasteiger partial charge in [0.1, 0.15) is 24.4 Å². The van der Waals surface area contributed by atoms with Gasteiger partial charge in [0.15, 0.2) is 6.29 Å². The molecule has 1 heterocycles. The lowest BCUT2D eigenvalue weighted by Gasteiger charge is -2.40. The fourth-order valence-electron chi connectivity index (χ4n) is 13.9. The zero-order chi connectivity index (χ0) is 69.4. The van der Waals surface area contributed by atoms with Crippen LogP contribution in [0.4, 0.5) is 0 Å². The Morgan fingerprint density at radius 2 is 0.667 bits per heavy atom. The summed E-state index contributed by atoms with van der Waals surface area (Å²) in [6.45, 7) is 4.39. The molecule has 7 unspecified atom stereocenters. The van der Waals surface area contributed by atoms with E-state index in [1.807, 2.05) is 6.08 Å². The van der Waals surface area contributed by atoms with Crippen molar-refractivity contribution in [3.8, 4) is 0 Å². The number of ether oxygens (including phenoxy) is 3. The first-order chi connectivity index (χ1) is 47.2. The van der Waals surface area contributed by atoms with E-state index in [9.17, 15) is 35.1 Å². The minimum atomic E-state index is -1.57. The molecule has 0 bridgehead atoms. The molecule has 0 aliphatic carbocycles. The van der Waals surface area contributed by atoms with Crippen molar-refractivity contribution in [3.63, 3.8) is 0 Å². The van der Waals surface area contributed by atoms with Gasteiger partial charge in [-0.15, -0.1) is 0 Å². The predicted molar refractivity (Wildman–Crippen MR) is 408 cm³/mol. The van der Waals surface area contributed by atoms with Crippen LogP contribution in [-0.4, -0.2) is 100 Å². The van der Waals surface area contributed by atoms with Crippen LogP contribution in [0.2, 0.25) is 0 Å². The zero-order valence-electron chi connectivity index (χ0n) is 63.6. The van der Waals surface area contributed by atoms with Crippen molar-refractivity contribution in [2.45, 2.75) is 487 Å². The Morgan fingerprint density at radius 1 is 0.375 bits per heavy atom. The summed E-state index contributed by atoms with van der Waals surface area (Å²) >= 11 is 0. The number of carbonyl (C=O) groups is 2. The highest BCUT2D eigenvalue weighted by Crippen LogP contribution is 2.24. The minimum Gasteiger partial charge on any atom is -0.466 e. The molecule has 1 saturated heterocycles. The summed E-state index contributed by atoms with van der Waals surface area (Å²) in [7, 11) is 0. The first kappa shape index (κ1) is 92.2. The molecule has 11 nitrogen and oxygen atoms in total. The number of unbranched alkanes of at least 4 members (excludes halogenated alkanes) is 61. The SMILES string of the molecule is CCCCCCCCCC/C=C/C(O)C(COC1OC(CO)C(O)C(O)C1O)NC(=O)CCCCCCCCCCCCCCCCCCC/C=C\CCCCCCCCCCCCCCCCCCCCOC(=O)CCCCCCCCCCCCCCCCCCCCC. The monoisotopic (exact) mass is 1360 g/mol. The molecule has 1 fully saturated rings. The molecule has 11 heteroatoms. The number of esters is 1. The van der Waals surface area contributed by atoms with Crippen LogP contribution in [0.5, 0.6) is 0 Å². The van der Waals surface area contributed by atoms with Gasteiger partial charge in [0.25, 0.3) is 0 Å². The van der Waals surface area contributed by atoms with Crippen LogP contribution in [-0.2, 0) is 23.8 Å². The van der Waals surface area contributed by atoms with Crippen LogP contribution in [0.1, 0.15) is 444 Å². The summed E-state index contributed by atoms with van der Waals surface area (Å²) < 4.78 is 16.8. The summed E-state index contributed by atoms with van der Waals surface area (Å²) in [6.07, 6.45) is 86.8. The molecule has 1 rings (SSSR count). The third-order valence-electron chi connectivity index (χ3n) is 20.6. The highest BCUT2D eigenvalue weighted by atomic mass is 16.7. The molecule has 0 saturated carbocycles. The van der Waals surface area contributed by atoms with Crippen molar-refractivity contribution in [2.24, 2.45) is 0 Å². The molecule has 0 aromatic carbocycles. The van der Waals surface area contributed by atoms with Crippen LogP contribution in [0.25, 0.3) is 0 Å². The first-order valence-corrected chi connectivity index (χ1v) is 42.6. The topological polar surface area (TPSA) is 175 Å². The average molecular weight is 1360 g/mol. The number of nitrogens with one attached hydrogen (secondary N) is 1. The highest BCUT2D eigenvalue weighted by Gasteiger charge is 2.44. The fraction of sp³-hybridized carbons (Fsp3) is 0.929. The quantitative estimate of drug-likeness (QED) is 0.0195. The molecule has 0 aromatic rings. The van der Waals surface area contributed by atoms with Gasteiger partial charge in [-0.1, -0.05) is 398 Å². The van der Waals surface area contributed by atoms with Gasteiger partial charge in [0.05, 0.1) is 32.0 Å². The van der Waals surface area contributed by atoms with Gasteiger partial charge < -0.3 is 45.1 Å². The Hall–Kier alpha value is -1.86. The second-order valence-electron chi connectivity index (χ2n) is 29.9. The van der Waals surface area contributed by atoms with Crippen molar-refractivity contribution in [1.29, 1.82) is 0 Å². The van der Waals surface area contributed by atoms with Crippen LogP contribution in [0.15, 0.2) is 24.3 Å². The van der Waals surface area contributed by atoms with E-state index in [0.717, 1.165) is 51.4 Å². The summed E-state index contributed by atoms with van der Waals surface area (Å²) in [5.41, 5.74) is 0. The van der Waals surface area contributed by atoms with Crippen molar-refractivity contribution >= 4 is 11.9 Å². The van der Waals surface area contributed by atoms with Crippen LogP contribution in [0, 0.1) is 0 Å². The lowest BCUT2D eigenvalue weighted by atomic mass is 9.99. The van der Waals surface area contributed by atoms with Crippen LogP contribution >= 0.6 is 0 Å². The standard InChI is InChI=1S/C85H163NO10/c1-3-5-7-9-11-13-15-16-17-18-40-44-47-50-53-57-61-65-69-73-81(90)94-74-70-66-62-58-54-51-48-45-42-39-37-35-33-31-29-27-25-23-21-19-20-22-24-26-28-30-32-34-36-38-41-43-46-49-52-56-60-64-68-72-80(89)86-77(76-95-85-84(93)83(92)82(91)79(75-87)96-85)78(88)71-67-63-59-55-14-12-10-8-6-4-2/h19-20,67,71,77-79,82-85,87-88,91-93H,3-18,21-66,68-70,72-76H2,1-2H3,(H,86,89)/b20-19-,71-67+. The smallest absolute Gasteiger partial charge is 0.305 e. The van der Waals surface area contributed by atoms with E-state index in [1.54, 1.807) is 6.08 Å². The van der Waals surface area contributed by atoms with E-state index < -0.39 is 49.5 Å². The predicted octanol–water partition coefficient (Wildman–Crippen LogP) is 23.5. The molecule has 568 valence electrons. The molecule has 0 radical (unpaired) electrons. The van der Waals surface area contributed by atoms with Gasteiger partial charge in [-0.3, -0.25) is 9.59 Å². The van der Waals surface area contributed by atoms with Gasteiger partial charge in [-0.05, 0) is 57.8 Å². The Balaban J connectivity index is 1.83. The number of aliphatic hydroxyl groups is 5. The third kappa shape index (κ3) is 62.0. The second-order valence-corrected chi connectivity index (χ2v) is 29.9. The van der Waals surface area contributed by atoms with Crippen molar-refractivity contribution in [2.75, 3.05) is 19.8 Å². The van der Waals surface area contributed by atoms with Crippen molar-refractivity contribution in [3.05, 3.63) is 24.3 Å². The Labute approximate surface area is 594 Å². The maximum atomic E-state index is 13.1. The lowest BCUT2D eigenvalue weighted by molar-refractivity contribution is -0.302. The molecule has 7 atom stereocenters. The fourth-order valence-corrected chi connectivity index (χ4v) is 13.9. The number of rotatable bonds is 77. The Kier molecular flexibility index (Phi) is 71.4. The van der Waals surface area contributed by atoms with E-state index in [2.05, 4.69) is 31.3 Å². The molecular weight excluding hydrogens is 1190 g/mol. The lowest BCUT2D eigenvalue weighted by Crippen LogP contribution is -2.60. The Bertz CT molecular complexity index is 1640. The number of hydrogen-bond donors (Lipinski definition) is 6. The molecular formula is C85H163NO10. The average Bonchev–Trinajstić information content (AvgIpc) is 0.836. The zero-order valence-corrected chi connectivity index (χ0v) is 63.6. The summed E-state index contributed by atoms with van der Waals surface area (Å²) in [5.74, 6) is -0.154. The van der Waals surface area contributed by atoms with E-state index >= 15 is 0 Å². The largest absolute Gasteiger partial charge is 0.466 e. The second kappa shape index (κ2) is 74.3. The number of aliphatic hydroxyl groups excluding tert-OH is 5. The molecule has 1 amide bonds. The molecule has 6 N–H and O–H groups in total. The van der Waals surface area contributed by atoms with Crippen molar-refractivity contribution in [1.82, 2.24) is 5.32 Å². The minimum absolute atomic E-state index is 0.0227. The maximum Gasteiger partial charge on any atom is 0.305 e. The maximum absolute atomic E-state index is 13.1. The van der Waals surface area contributed by atoms with Gasteiger partial charge in [0, 0.05) is 12.8 Å². The number of allylic oxidation sites excluding steroid dienone is 3. The van der Waals surface area contributed by atoms with Crippen molar-refractivity contribution < 1.29 is 49.3 Å². The molecule has 1 aliphatic heterocycles. The molecule has 0 aromatic heterocycles. The first-order valence-electron chi connectivity index (χ1n) is 42.6. The van der Waals surface area contributed by atoms with E-state index in [-0.39, 0.29) is 18.5 Å². The normalized spacial score (nSPS) is 17.3. The summed E-state index contributed by atoms with van der Waals surface area (Å²) in [5, 5.41) is 54.4. The van der Waals surface area contributed by atoms with Gasteiger partial charge in [-0.25, -0.2) is 0 Å². The molecule has 1 aliphatic rings. The summed E-state index contributed by atoms with van der Waals surface area (Å²) in [4.78, 5) is 25.2. The third-order valence-corrected chi connectivity index (χ3v) is 20.6. The Morgan fingerprint density at radius 3 is 1.00 bits per heavy atom. The van der Waals surface area contributed by atoms with Gasteiger partial charge in [-0.2, -0.15) is 0 Å². The van der Waals surface area contributed by atoms with Gasteiger partial charge >= 0.3 is 5.97 Å². The number of carbonyl (C=O) groups excluding carboxylic acids is 2. The number of amides is 1. The van der Waals surface area contributed by atoms with Crippen LogP contribution in [0.3, 0.4) is 0 Å². The van der Waals surface area contributed by atoms with Crippen LogP contribution < -0.4 is 5.32 Å². The molecule has 0 spiro atoms. The summed E-state index contributed by atoms with van der Waals surface area (Å²) in [6, 6.07) is -0.805. The highest BCUT2D eigenvalue weighted by molar-refractivity contribution is 5.76. The van der Waals surface area contributed by atoms with E-state index in [4.69, 9.17) is 14.2 Å².